The van der Waals surface area contributed by atoms with Crippen LogP contribution in [-0.4, -0.2) is 72.6 Å². The van der Waals surface area contributed by atoms with Gasteiger partial charge in [0.2, 0.25) is 23.3 Å². The first-order chi connectivity index (χ1) is 35.7. The zero-order valence-corrected chi connectivity index (χ0v) is 46.3. The van der Waals surface area contributed by atoms with Gasteiger partial charge in [-0.3, -0.25) is 24.0 Å². The lowest BCUT2D eigenvalue weighted by molar-refractivity contribution is -0.139. The van der Waals surface area contributed by atoms with Crippen LogP contribution in [0.25, 0.3) is 0 Å². The van der Waals surface area contributed by atoms with Gasteiger partial charge in [0.1, 0.15) is 23.1 Å². The van der Waals surface area contributed by atoms with Gasteiger partial charge in [0.05, 0.1) is 32.9 Å². The van der Waals surface area contributed by atoms with Gasteiger partial charge >= 0.3 is 12.4 Å². The second-order valence-corrected chi connectivity index (χ2v) is 21.9. The Bertz CT molecular complexity index is 2760. The molecule has 0 saturated carbocycles. The highest BCUT2D eigenvalue weighted by Gasteiger charge is 2.48. The molecule has 4 aromatic carbocycles. The Morgan fingerprint density at radius 3 is 1.57 bits per heavy atom. The van der Waals surface area contributed by atoms with Crippen molar-refractivity contribution in [2.75, 3.05) is 47.4 Å². The summed E-state index contributed by atoms with van der Waals surface area (Å²) in [5, 5.41) is 5.85. The minimum atomic E-state index is -4.51. The summed E-state index contributed by atoms with van der Waals surface area (Å²) >= 11 is 7.37. The van der Waals surface area contributed by atoms with E-state index in [0.717, 1.165) is 66.9 Å². The monoisotopic (exact) mass is 1130 g/mol. The summed E-state index contributed by atoms with van der Waals surface area (Å²) in [5.41, 5.74) is -1.91. The maximum atomic E-state index is 13.8. The Morgan fingerprint density at radius 2 is 1.06 bits per heavy atom. The molecule has 0 aliphatic carbocycles. The van der Waals surface area contributed by atoms with Crippen LogP contribution >= 0.6 is 23.4 Å². The summed E-state index contributed by atoms with van der Waals surface area (Å²) in [6.07, 6.45) is -5.50. The summed E-state index contributed by atoms with van der Waals surface area (Å²) in [6, 6.07) is 11.2. The number of thioether (sulfide) groups is 1. The molecule has 0 spiro atoms. The van der Waals surface area contributed by atoms with Crippen molar-refractivity contribution in [2.45, 2.75) is 141 Å². The average Bonchev–Trinajstić information content (AvgIpc) is 3.33. The summed E-state index contributed by atoms with van der Waals surface area (Å²) < 4.78 is 117. The highest BCUT2D eigenvalue weighted by atomic mass is 35.5. The van der Waals surface area contributed by atoms with E-state index in [4.69, 9.17) is 21.1 Å². The minimum Gasteiger partial charge on any atom is -0.476 e. The third-order valence-electron chi connectivity index (χ3n) is 12.9. The third kappa shape index (κ3) is 14.3. The molecule has 1 unspecified atom stereocenters. The van der Waals surface area contributed by atoms with Crippen LogP contribution in [0, 0.1) is 32.4 Å². The number of unbranched alkanes of at least 4 members (excludes halogenated alkanes) is 2. The largest absolute Gasteiger partial charge is 0.476 e. The number of ether oxygens (including phenoxy) is 2. The van der Waals surface area contributed by atoms with Gasteiger partial charge in [0.25, 0.3) is 11.8 Å². The van der Waals surface area contributed by atoms with Crippen LogP contribution in [0.4, 0.5) is 52.2 Å². The molecule has 0 aromatic heterocycles. The topological polar surface area (TPSA) is 138 Å². The van der Waals surface area contributed by atoms with Crippen molar-refractivity contribution >= 4 is 70.0 Å². The number of hydrogen-bond donors (Lipinski definition) is 2. The van der Waals surface area contributed by atoms with Crippen molar-refractivity contribution in [3.05, 3.63) is 105 Å². The minimum absolute atomic E-state index is 0.00402. The molecule has 22 heteroatoms. The lowest BCUT2D eigenvalue weighted by atomic mass is 9.91. The molecule has 1 atom stereocenters. The van der Waals surface area contributed by atoms with Crippen LogP contribution in [0.1, 0.15) is 121 Å². The zero-order valence-electron chi connectivity index (χ0n) is 44.8. The Morgan fingerprint density at radius 1 is 0.597 bits per heavy atom. The normalized spacial score (nSPS) is 17.4. The molecule has 12 nitrogen and oxygen atoms in total. The number of hydrogen-bond acceptors (Lipinski definition) is 8. The number of halogens is 9. The molecule has 5 amide bonds. The number of aryl methyl sites for hydroxylation is 3. The Hall–Kier alpha value is -6.09. The summed E-state index contributed by atoms with van der Waals surface area (Å²) in [4.78, 5) is 66.3. The number of fused-ring (bicyclic) bond motifs is 3. The summed E-state index contributed by atoms with van der Waals surface area (Å²) in [5.74, 6) is -2.29. The first-order valence-corrected chi connectivity index (χ1v) is 26.2. The fourth-order valence-corrected chi connectivity index (χ4v) is 10.0. The van der Waals surface area contributed by atoms with Gasteiger partial charge in [-0.25, -0.2) is 8.78 Å². The summed E-state index contributed by atoms with van der Waals surface area (Å²) in [6.45, 7) is 19.3. The zero-order chi connectivity index (χ0) is 57.7. The smallest absolute Gasteiger partial charge is 0.416 e. The quantitative estimate of drug-likeness (QED) is 0.0997. The molecule has 77 heavy (non-hydrogen) atoms. The van der Waals surface area contributed by atoms with Crippen LogP contribution in [0.15, 0.2) is 59.5 Å². The maximum absolute atomic E-state index is 13.8. The Kier molecular flexibility index (Phi) is 19.5. The van der Waals surface area contributed by atoms with E-state index >= 15 is 0 Å². The highest BCUT2D eigenvalue weighted by molar-refractivity contribution is 8.01. The average molecular weight is 1130 g/mol. The van der Waals surface area contributed by atoms with Gasteiger partial charge in [-0.05, 0) is 121 Å². The van der Waals surface area contributed by atoms with Gasteiger partial charge in [0, 0.05) is 73.2 Å². The second-order valence-electron chi connectivity index (χ2n) is 19.8. The number of carbonyl (C=O) groups excluding carboxylic acids is 5. The number of nitrogens with zero attached hydrogens (tertiary/aromatic N) is 3. The van der Waals surface area contributed by atoms with E-state index in [1.807, 2.05) is 13.0 Å². The number of anilines is 3. The van der Waals surface area contributed by atoms with Gasteiger partial charge in [-0.1, -0.05) is 45.2 Å². The maximum Gasteiger partial charge on any atom is 0.416 e. The van der Waals surface area contributed by atoms with Crippen LogP contribution in [0.2, 0.25) is 5.02 Å². The number of carbonyl (C=O) groups is 5. The van der Waals surface area contributed by atoms with E-state index in [9.17, 15) is 59.1 Å². The number of nitrogens with one attached hydrogen (secondary N) is 2. The van der Waals surface area contributed by atoms with Crippen molar-refractivity contribution in [2.24, 2.45) is 0 Å². The summed E-state index contributed by atoms with van der Waals surface area (Å²) in [7, 11) is 0. The van der Waals surface area contributed by atoms with Crippen LogP contribution < -0.4 is 34.8 Å². The van der Waals surface area contributed by atoms with E-state index in [0.29, 0.717) is 46.4 Å². The van der Waals surface area contributed by atoms with Crippen LogP contribution in [0.5, 0.6) is 11.5 Å². The molecule has 3 aliphatic heterocycles. The van der Waals surface area contributed by atoms with Crippen molar-refractivity contribution in [3.8, 4) is 11.5 Å². The van der Waals surface area contributed by atoms with Crippen molar-refractivity contribution in [1.29, 1.82) is 0 Å². The van der Waals surface area contributed by atoms with Gasteiger partial charge in [0.15, 0.2) is 5.60 Å². The Labute approximate surface area is 452 Å². The molecular formula is C55H64ClF8N5O7S. The number of benzene rings is 4. The molecule has 420 valence electrons. The first kappa shape index (κ1) is 61.8. The number of alkyl halides is 6. The lowest BCUT2D eigenvalue weighted by Gasteiger charge is -2.41. The first-order valence-electron chi connectivity index (χ1n) is 25.0. The molecule has 4 aromatic rings. The third-order valence-corrected chi connectivity index (χ3v) is 14.5. The molecule has 0 bridgehead atoms. The van der Waals surface area contributed by atoms with E-state index in [-0.39, 0.29) is 83.8 Å². The molecule has 2 N–H and O–H groups in total. The molecule has 0 fully saturated rings. The molecule has 0 radical (unpaired) electrons. The molecule has 0 saturated heterocycles. The Balaban J connectivity index is 0.000000213. The van der Waals surface area contributed by atoms with E-state index in [1.54, 1.807) is 38.7 Å². The molecule has 7 rings (SSSR count). The second kappa shape index (κ2) is 24.3. The number of amides is 5. The van der Waals surface area contributed by atoms with Gasteiger partial charge < -0.3 is 34.8 Å². The van der Waals surface area contributed by atoms with E-state index < -0.39 is 51.1 Å². The van der Waals surface area contributed by atoms with E-state index in [2.05, 4.69) is 17.6 Å². The lowest BCUT2D eigenvalue weighted by Crippen LogP contribution is -2.54. The fraction of sp³-hybridized carbons (Fsp3) is 0.473. The van der Waals surface area contributed by atoms with Crippen molar-refractivity contribution in [1.82, 2.24) is 10.6 Å². The molecule has 3 heterocycles. The fourth-order valence-electron chi connectivity index (χ4n) is 8.68. The van der Waals surface area contributed by atoms with E-state index in [1.165, 1.54) is 56.6 Å². The van der Waals surface area contributed by atoms with Crippen molar-refractivity contribution in [3.63, 3.8) is 0 Å². The van der Waals surface area contributed by atoms with Gasteiger partial charge in [-0.2, -0.15) is 26.3 Å². The van der Waals surface area contributed by atoms with Crippen molar-refractivity contribution < 1.29 is 68.6 Å². The molecular weight excluding hydrogens is 1060 g/mol. The predicted molar refractivity (Wildman–Crippen MR) is 281 cm³/mol. The SMILES string of the molecule is CCC(=O)NCCN1C(=O)C(C)(C)Oc2cc(C(F)(F)F)c(C)cc21.CCC(=O)NCCN1C(=O)C(C)(C)Sc2cc(C(F)(F)F)c(C)cc21.CCCCCN1C(=O)C(C)(c2cc(F)cc(F)c2)Oc2cc(Cl)c(C)cc21. The van der Waals surface area contributed by atoms with Crippen LogP contribution in [-0.2, 0) is 41.9 Å². The molecule has 3 aliphatic rings. The standard InChI is InChI=1S/C21H22ClF2NO2.C17H21F3N2O3.C17H21F3N2O2S/c1-4-5-6-7-25-18-8-13(2)17(22)12-19(18)27-21(3,20(25)26)14-9-15(23)11-16(24)10-14;2*1-5-14(23)21-6-7-22-12-8-10(2)11(17(18,19)20)9-13(12)25-16(3,4)15(22)24/h8-12H,4-7H2,1-3H3;2*8-9H,5-7H2,1-4H3,(H,21,23). The van der Waals surface area contributed by atoms with Gasteiger partial charge in [-0.15, -0.1) is 11.8 Å². The van der Waals surface area contributed by atoms with Crippen LogP contribution in [0.3, 0.4) is 0 Å². The number of rotatable bonds is 13. The highest BCUT2D eigenvalue weighted by Crippen LogP contribution is 2.49. The predicted octanol–water partition coefficient (Wildman–Crippen LogP) is 12.6.